The van der Waals surface area contributed by atoms with Gasteiger partial charge in [-0.3, -0.25) is 4.79 Å². The third kappa shape index (κ3) is 4.25. The Morgan fingerprint density at radius 2 is 1.96 bits per heavy atom. The predicted octanol–water partition coefficient (Wildman–Crippen LogP) is 4.99. The average Bonchev–Trinajstić information content (AvgIpc) is 3.19. The summed E-state index contributed by atoms with van der Waals surface area (Å²) in [5.74, 6) is 1.13. The van der Waals surface area contributed by atoms with Crippen LogP contribution in [-0.4, -0.2) is 26.4 Å². The summed E-state index contributed by atoms with van der Waals surface area (Å²) in [4.78, 5) is 13.6. The van der Waals surface area contributed by atoms with Crippen LogP contribution in [0.15, 0.2) is 28.7 Å². The van der Waals surface area contributed by atoms with Crippen LogP contribution in [0.4, 0.5) is 5.69 Å². The molecule has 2 heterocycles. The predicted molar refractivity (Wildman–Crippen MR) is 114 cm³/mol. The lowest BCUT2D eigenvalue weighted by atomic mass is 10.1. The smallest absolute Gasteiger partial charge is 0.234 e. The molecule has 0 fully saturated rings. The second-order valence-electron chi connectivity index (χ2n) is 6.52. The maximum absolute atomic E-state index is 12.3. The Bertz CT molecular complexity index is 975. The fourth-order valence-electron chi connectivity index (χ4n) is 2.76. The first-order valence-corrected chi connectivity index (χ1v) is 10.8. The molecule has 3 rings (SSSR count). The minimum absolute atomic E-state index is 0.0435. The highest BCUT2D eigenvalue weighted by molar-refractivity contribution is 7.99. The average molecular weight is 401 g/mol. The van der Waals surface area contributed by atoms with E-state index >= 15 is 0 Å². The molecule has 5 nitrogen and oxygen atoms in total. The summed E-state index contributed by atoms with van der Waals surface area (Å²) in [7, 11) is 0. The van der Waals surface area contributed by atoms with Gasteiger partial charge >= 0.3 is 0 Å². The van der Waals surface area contributed by atoms with Crippen molar-refractivity contribution in [3.05, 3.63) is 45.1 Å². The van der Waals surface area contributed by atoms with Gasteiger partial charge in [-0.15, -0.1) is 21.5 Å². The molecule has 0 bridgehead atoms. The van der Waals surface area contributed by atoms with Crippen molar-refractivity contribution < 1.29 is 4.79 Å². The molecular weight excluding hydrogens is 376 g/mol. The van der Waals surface area contributed by atoms with Crippen molar-refractivity contribution in [2.24, 2.45) is 0 Å². The van der Waals surface area contributed by atoms with Crippen LogP contribution in [-0.2, 0) is 11.3 Å². The molecule has 0 saturated carbocycles. The number of hydrogen-bond donors (Lipinski definition) is 1. The molecule has 0 spiro atoms. The Morgan fingerprint density at radius 1 is 1.19 bits per heavy atom. The van der Waals surface area contributed by atoms with Crippen LogP contribution in [0, 0.1) is 27.7 Å². The zero-order valence-corrected chi connectivity index (χ0v) is 17.9. The Labute approximate surface area is 168 Å². The summed E-state index contributed by atoms with van der Waals surface area (Å²) in [5.41, 5.74) is 5.57. The zero-order valence-electron chi connectivity index (χ0n) is 16.3. The van der Waals surface area contributed by atoms with Gasteiger partial charge in [0.25, 0.3) is 0 Å². The fraction of sp³-hybridized carbons (Fsp3) is 0.350. The molecule has 0 aliphatic carbocycles. The first-order valence-electron chi connectivity index (χ1n) is 8.88. The van der Waals surface area contributed by atoms with Crippen molar-refractivity contribution in [1.82, 2.24) is 14.8 Å². The van der Waals surface area contributed by atoms with Crippen molar-refractivity contribution >= 4 is 34.7 Å². The number of rotatable bonds is 6. The standard InChI is InChI=1S/C20H24N4OS2/c1-6-24-19(17-10-26-15(5)14(17)4)22-23-20(24)27-11-18(25)21-16-8-7-12(2)13(3)9-16/h7-10H,6,11H2,1-5H3,(H,21,25). The maximum Gasteiger partial charge on any atom is 0.234 e. The Hall–Kier alpha value is -2.12. The molecule has 1 amide bonds. The largest absolute Gasteiger partial charge is 0.325 e. The number of nitrogens with zero attached hydrogens (tertiary/aromatic N) is 3. The molecule has 1 N–H and O–H groups in total. The van der Waals surface area contributed by atoms with Crippen LogP contribution >= 0.6 is 23.1 Å². The summed E-state index contributed by atoms with van der Waals surface area (Å²) in [6.07, 6.45) is 0. The van der Waals surface area contributed by atoms with E-state index in [-0.39, 0.29) is 5.91 Å². The van der Waals surface area contributed by atoms with E-state index in [1.165, 1.54) is 27.8 Å². The zero-order chi connectivity index (χ0) is 19.6. The summed E-state index contributed by atoms with van der Waals surface area (Å²) in [6, 6.07) is 5.94. The number of amides is 1. The number of thioether (sulfide) groups is 1. The normalized spacial score (nSPS) is 11.0. The van der Waals surface area contributed by atoms with Gasteiger partial charge < -0.3 is 9.88 Å². The quantitative estimate of drug-likeness (QED) is 0.592. The van der Waals surface area contributed by atoms with Crippen LogP contribution in [0.5, 0.6) is 0 Å². The van der Waals surface area contributed by atoms with Crippen molar-refractivity contribution in [1.29, 1.82) is 0 Å². The molecule has 2 aromatic heterocycles. The van der Waals surface area contributed by atoms with Crippen LogP contribution in [0.25, 0.3) is 11.4 Å². The van der Waals surface area contributed by atoms with E-state index in [1.54, 1.807) is 11.3 Å². The number of aryl methyl sites for hydroxylation is 3. The van der Waals surface area contributed by atoms with Crippen LogP contribution in [0.1, 0.15) is 28.5 Å². The van der Waals surface area contributed by atoms with Gasteiger partial charge in [0.2, 0.25) is 5.91 Å². The molecule has 3 aromatic rings. The van der Waals surface area contributed by atoms with E-state index in [0.29, 0.717) is 5.75 Å². The molecule has 0 radical (unpaired) electrons. The Morgan fingerprint density at radius 3 is 2.59 bits per heavy atom. The number of aromatic nitrogens is 3. The van der Waals surface area contributed by atoms with Gasteiger partial charge in [-0.25, -0.2) is 0 Å². The van der Waals surface area contributed by atoms with Gasteiger partial charge in [-0.2, -0.15) is 0 Å². The SMILES string of the molecule is CCn1c(SCC(=O)Nc2ccc(C)c(C)c2)nnc1-c1csc(C)c1C. The second kappa shape index (κ2) is 8.27. The number of anilines is 1. The lowest BCUT2D eigenvalue weighted by molar-refractivity contribution is -0.113. The number of carbonyl (C=O) groups excluding carboxylic acids is 1. The highest BCUT2D eigenvalue weighted by atomic mass is 32.2. The van der Waals surface area contributed by atoms with Crippen molar-refractivity contribution in [2.75, 3.05) is 11.1 Å². The van der Waals surface area contributed by atoms with Gasteiger partial charge in [-0.1, -0.05) is 17.8 Å². The molecule has 0 aliphatic heterocycles. The van der Waals surface area contributed by atoms with E-state index < -0.39 is 0 Å². The van der Waals surface area contributed by atoms with E-state index in [9.17, 15) is 4.79 Å². The van der Waals surface area contributed by atoms with Crippen LogP contribution < -0.4 is 5.32 Å². The summed E-state index contributed by atoms with van der Waals surface area (Å²) in [6.45, 7) is 11.2. The monoisotopic (exact) mass is 400 g/mol. The first-order chi connectivity index (χ1) is 12.9. The molecule has 142 valence electrons. The highest BCUT2D eigenvalue weighted by Gasteiger charge is 2.17. The van der Waals surface area contributed by atoms with E-state index in [1.807, 2.05) is 25.1 Å². The molecule has 0 atom stereocenters. The minimum atomic E-state index is -0.0435. The summed E-state index contributed by atoms with van der Waals surface area (Å²) >= 11 is 3.14. The maximum atomic E-state index is 12.3. The van der Waals surface area contributed by atoms with Crippen molar-refractivity contribution in [3.8, 4) is 11.4 Å². The Balaban J connectivity index is 1.70. The number of nitrogens with one attached hydrogen (secondary N) is 1. The van der Waals surface area contributed by atoms with Gasteiger partial charge in [0.1, 0.15) is 0 Å². The van der Waals surface area contributed by atoms with Crippen LogP contribution in [0.3, 0.4) is 0 Å². The van der Waals surface area contributed by atoms with E-state index in [4.69, 9.17) is 0 Å². The third-order valence-electron chi connectivity index (χ3n) is 4.68. The molecule has 0 saturated heterocycles. The van der Waals surface area contributed by atoms with Crippen molar-refractivity contribution in [2.45, 2.75) is 46.3 Å². The van der Waals surface area contributed by atoms with Crippen molar-refractivity contribution in [3.63, 3.8) is 0 Å². The van der Waals surface area contributed by atoms with Crippen LogP contribution in [0.2, 0.25) is 0 Å². The number of hydrogen-bond acceptors (Lipinski definition) is 5. The van der Waals surface area contributed by atoms with Gasteiger partial charge in [-0.05, 0) is 63.4 Å². The summed E-state index contributed by atoms with van der Waals surface area (Å²) < 4.78 is 2.07. The molecule has 7 heteroatoms. The topological polar surface area (TPSA) is 59.8 Å². The van der Waals surface area contributed by atoms with Gasteiger partial charge in [0.05, 0.1) is 5.75 Å². The summed E-state index contributed by atoms with van der Waals surface area (Å²) in [5, 5.41) is 14.5. The fourth-order valence-corrected chi connectivity index (χ4v) is 4.43. The molecule has 1 aromatic carbocycles. The Kier molecular flexibility index (Phi) is 6.01. The first kappa shape index (κ1) is 19.6. The second-order valence-corrected chi connectivity index (χ2v) is 8.54. The van der Waals surface area contributed by atoms with Gasteiger partial charge in [0, 0.05) is 28.1 Å². The molecular formula is C20H24N4OS2. The lowest BCUT2D eigenvalue weighted by Crippen LogP contribution is -2.14. The molecule has 0 unspecified atom stereocenters. The minimum Gasteiger partial charge on any atom is -0.325 e. The highest BCUT2D eigenvalue weighted by Crippen LogP contribution is 2.31. The van der Waals surface area contributed by atoms with E-state index in [0.717, 1.165) is 34.3 Å². The lowest BCUT2D eigenvalue weighted by Gasteiger charge is -2.09. The number of benzene rings is 1. The third-order valence-corrected chi connectivity index (χ3v) is 6.66. The van der Waals surface area contributed by atoms with Gasteiger partial charge in [0.15, 0.2) is 11.0 Å². The number of thiophene rings is 1. The molecule has 0 aliphatic rings. The number of carbonyl (C=O) groups is 1. The van der Waals surface area contributed by atoms with E-state index in [2.05, 4.69) is 53.2 Å². The molecule has 27 heavy (non-hydrogen) atoms.